The largest absolute Gasteiger partial charge is 0.466 e. The van der Waals surface area contributed by atoms with E-state index in [-0.39, 0.29) is 11.1 Å². The van der Waals surface area contributed by atoms with Crippen molar-refractivity contribution in [2.75, 3.05) is 31.0 Å². The summed E-state index contributed by atoms with van der Waals surface area (Å²) < 4.78 is 89.6. The van der Waals surface area contributed by atoms with Crippen molar-refractivity contribution >= 4 is 23.3 Å². The van der Waals surface area contributed by atoms with Gasteiger partial charge in [0, 0.05) is 0 Å². The Kier molecular flexibility index (Phi) is 8.13. The van der Waals surface area contributed by atoms with Crippen LogP contribution in [-0.2, 0) is 25.2 Å². The molecule has 3 rings (SSSR count). The first-order chi connectivity index (χ1) is 18.2. The number of nitrogens with zero attached hydrogens (tertiary/aromatic N) is 2. The van der Waals surface area contributed by atoms with Crippen molar-refractivity contribution in [2.24, 2.45) is 5.73 Å². The SMILES string of the molecule is COC(=O)C1=C(C(=O)OC)N(c2cc(C(F)(F)F)ccc2NCC(F)(F)F)C(N)=C(C#N)C1c1ccccc1. The highest BCUT2D eigenvalue weighted by atomic mass is 19.4. The van der Waals surface area contributed by atoms with Crippen LogP contribution in [0, 0.1) is 11.3 Å². The molecule has 39 heavy (non-hydrogen) atoms. The van der Waals surface area contributed by atoms with Gasteiger partial charge in [0.1, 0.15) is 18.1 Å². The molecule has 14 heteroatoms. The van der Waals surface area contributed by atoms with Gasteiger partial charge in [0.15, 0.2) is 0 Å². The zero-order valence-electron chi connectivity index (χ0n) is 20.3. The van der Waals surface area contributed by atoms with Crippen LogP contribution in [0.4, 0.5) is 37.7 Å². The van der Waals surface area contributed by atoms with Crippen molar-refractivity contribution in [1.29, 1.82) is 5.26 Å². The fourth-order valence-corrected chi connectivity index (χ4v) is 4.00. The third-order valence-corrected chi connectivity index (χ3v) is 5.66. The summed E-state index contributed by atoms with van der Waals surface area (Å²) in [6.45, 7) is -1.66. The highest BCUT2D eigenvalue weighted by Gasteiger charge is 2.44. The first-order valence-electron chi connectivity index (χ1n) is 10.9. The first-order valence-corrected chi connectivity index (χ1v) is 10.9. The van der Waals surface area contributed by atoms with Gasteiger partial charge in [-0.15, -0.1) is 0 Å². The maximum atomic E-state index is 13.7. The summed E-state index contributed by atoms with van der Waals surface area (Å²) in [7, 11) is 1.87. The molecule has 0 bridgehead atoms. The molecule has 3 N–H and O–H groups in total. The average Bonchev–Trinajstić information content (AvgIpc) is 2.89. The summed E-state index contributed by atoms with van der Waals surface area (Å²) >= 11 is 0. The summed E-state index contributed by atoms with van der Waals surface area (Å²) in [6.07, 6.45) is -9.74. The Morgan fingerprint density at radius 1 is 1.03 bits per heavy atom. The number of methoxy groups -OCH3 is 2. The van der Waals surface area contributed by atoms with Crippen molar-refractivity contribution < 1.29 is 45.4 Å². The fraction of sp³-hybridized carbons (Fsp3) is 0.240. The van der Waals surface area contributed by atoms with E-state index in [9.17, 15) is 41.2 Å². The normalized spacial score (nSPS) is 16.1. The molecule has 1 aliphatic heterocycles. The Morgan fingerprint density at radius 2 is 1.64 bits per heavy atom. The molecule has 0 aliphatic carbocycles. The zero-order chi connectivity index (χ0) is 29.1. The van der Waals surface area contributed by atoms with E-state index >= 15 is 0 Å². The van der Waals surface area contributed by atoms with Gasteiger partial charge in [-0.2, -0.15) is 31.6 Å². The number of alkyl halides is 6. The first kappa shape index (κ1) is 28.9. The molecule has 0 saturated carbocycles. The molecule has 8 nitrogen and oxygen atoms in total. The van der Waals surface area contributed by atoms with Crippen molar-refractivity contribution in [1.82, 2.24) is 0 Å². The monoisotopic (exact) mass is 554 g/mol. The molecular weight excluding hydrogens is 534 g/mol. The second-order valence-corrected chi connectivity index (χ2v) is 8.03. The molecular formula is C25H20F6N4O4. The van der Waals surface area contributed by atoms with Crippen LogP contribution in [0.2, 0.25) is 0 Å². The molecule has 0 aromatic heterocycles. The fourth-order valence-electron chi connectivity index (χ4n) is 4.00. The average molecular weight is 554 g/mol. The van der Waals surface area contributed by atoms with E-state index in [2.05, 4.69) is 0 Å². The number of nitrogens with one attached hydrogen (secondary N) is 1. The lowest BCUT2D eigenvalue weighted by atomic mass is 9.81. The summed E-state index contributed by atoms with van der Waals surface area (Å²) in [5.41, 5.74) is 2.33. The Labute approximate surface area is 217 Å². The minimum Gasteiger partial charge on any atom is -0.466 e. The number of carbonyl (C=O) groups excluding carboxylic acids is 2. The topological polar surface area (TPSA) is 118 Å². The van der Waals surface area contributed by atoms with Crippen LogP contribution in [0.3, 0.4) is 0 Å². The van der Waals surface area contributed by atoms with Crippen molar-refractivity contribution in [2.45, 2.75) is 18.3 Å². The Bertz CT molecular complexity index is 1380. The van der Waals surface area contributed by atoms with E-state index in [4.69, 9.17) is 15.2 Å². The number of nitriles is 1. The van der Waals surface area contributed by atoms with Crippen LogP contribution in [0.25, 0.3) is 0 Å². The number of carbonyl (C=O) groups is 2. The maximum absolute atomic E-state index is 13.7. The third kappa shape index (κ3) is 5.92. The van der Waals surface area contributed by atoms with Crippen LogP contribution >= 0.6 is 0 Å². The number of benzene rings is 2. The van der Waals surface area contributed by atoms with E-state index in [0.29, 0.717) is 23.1 Å². The number of allylic oxidation sites excluding steroid dienone is 1. The number of ether oxygens (including phenoxy) is 2. The van der Waals surface area contributed by atoms with Crippen LogP contribution in [-0.4, -0.2) is 38.9 Å². The lowest BCUT2D eigenvalue weighted by Gasteiger charge is -2.37. The van der Waals surface area contributed by atoms with Crippen molar-refractivity contribution in [3.63, 3.8) is 0 Å². The molecule has 0 saturated heterocycles. The summed E-state index contributed by atoms with van der Waals surface area (Å²) in [5.74, 6) is -4.39. The Morgan fingerprint density at radius 3 is 2.15 bits per heavy atom. The van der Waals surface area contributed by atoms with Gasteiger partial charge in [0.2, 0.25) is 0 Å². The zero-order valence-corrected chi connectivity index (χ0v) is 20.3. The van der Waals surface area contributed by atoms with Gasteiger partial charge in [-0.3, -0.25) is 4.90 Å². The Balaban J connectivity index is 2.46. The predicted molar refractivity (Wildman–Crippen MR) is 126 cm³/mol. The number of halogens is 6. The Hall–Kier alpha value is -4.67. The van der Waals surface area contributed by atoms with E-state index in [1.165, 1.54) is 12.1 Å². The van der Waals surface area contributed by atoms with Gasteiger partial charge >= 0.3 is 24.3 Å². The molecule has 206 valence electrons. The molecule has 1 aliphatic rings. The molecule has 1 unspecified atom stereocenters. The van der Waals surface area contributed by atoms with Crippen molar-refractivity contribution in [3.05, 3.63) is 82.3 Å². The number of nitrogens with two attached hydrogens (primary N) is 1. The molecule has 2 aromatic rings. The highest BCUT2D eigenvalue weighted by molar-refractivity contribution is 6.07. The highest BCUT2D eigenvalue weighted by Crippen LogP contribution is 2.46. The number of anilines is 2. The standard InChI is InChI=1S/C25H20F6N4O4/c1-38-22(36)19-18(13-6-4-3-5-7-13)15(11-32)21(33)35(20(19)23(37)39-2)17-10-14(25(29,30)31)8-9-16(17)34-12-24(26,27)28/h3-10,18,34H,12,33H2,1-2H3. The van der Waals surface area contributed by atoms with Gasteiger partial charge in [-0.1, -0.05) is 30.3 Å². The number of hydrogen-bond donors (Lipinski definition) is 2. The number of hydrogen-bond acceptors (Lipinski definition) is 8. The van der Waals surface area contributed by atoms with Gasteiger partial charge in [0.25, 0.3) is 0 Å². The molecule has 1 atom stereocenters. The maximum Gasteiger partial charge on any atom is 0.416 e. The summed E-state index contributed by atoms with van der Waals surface area (Å²) in [4.78, 5) is 26.7. The molecule has 1 heterocycles. The second-order valence-electron chi connectivity index (χ2n) is 8.03. The summed E-state index contributed by atoms with van der Waals surface area (Å²) in [6, 6.07) is 11.2. The minimum atomic E-state index is -4.96. The van der Waals surface area contributed by atoms with Crippen LogP contribution in [0.1, 0.15) is 17.0 Å². The van der Waals surface area contributed by atoms with Crippen molar-refractivity contribution in [3.8, 4) is 6.07 Å². The van der Waals surface area contributed by atoms with E-state index in [1.807, 2.05) is 5.32 Å². The number of rotatable bonds is 6. The van der Waals surface area contributed by atoms with Crippen LogP contribution in [0.15, 0.2) is 71.2 Å². The molecule has 0 amide bonds. The third-order valence-electron chi connectivity index (χ3n) is 5.66. The smallest absolute Gasteiger partial charge is 0.416 e. The van der Waals surface area contributed by atoms with Gasteiger partial charge in [0.05, 0.1) is 54.3 Å². The molecule has 0 radical (unpaired) electrons. The van der Waals surface area contributed by atoms with Gasteiger partial charge < -0.3 is 20.5 Å². The van der Waals surface area contributed by atoms with Crippen LogP contribution in [0.5, 0.6) is 0 Å². The van der Waals surface area contributed by atoms with Crippen LogP contribution < -0.4 is 16.0 Å². The van der Waals surface area contributed by atoms with E-state index in [1.54, 1.807) is 24.3 Å². The van der Waals surface area contributed by atoms with Gasteiger partial charge in [-0.05, 0) is 23.8 Å². The lowest BCUT2D eigenvalue weighted by Crippen LogP contribution is -2.41. The quantitative estimate of drug-likeness (QED) is 0.394. The molecule has 0 spiro atoms. The number of esters is 2. The molecule has 0 fully saturated rings. The summed E-state index contributed by atoms with van der Waals surface area (Å²) in [5, 5.41) is 12.0. The van der Waals surface area contributed by atoms with E-state index < -0.39 is 70.8 Å². The lowest BCUT2D eigenvalue weighted by molar-refractivity contribution is -0.139. The van der Waals surface area contributed by atoms with E-state index in [0.717, 1.165) is 14.2 Å². The van der Waals surface area contributed by atoms with Gasteiger partial charge in [-0.25, -0.2) is 9.59 Å². The molecule has 2 aromatic carbocycles. The minimum absolute atomic E-state index is 0.290. The second kappa shape index (κ2) is 11.0. The predicted octanol–water partition coefficient (Wildman–Crippen LogP) is 4.58.